The van der Waals surface area contributed by atoms with E-state index in [2.05, 4.69) is 31.0 Å². The van der Waals surface area contributed by atoms with Crippen LogP contribution in [-0.2, 0) is 14.3 Å². The number of alkyl carbamates (subject to hydrolysis) is 1. The average Bonchev–Trinajstić information content (AvgIpc) is 3.59. The zero-order valence-electron chi connectivity index (χ0n) is 22.7. The molecule has 2 amide bonds. The number of piperidine rings is 1. The van der Waals surface area contributed by atoms with Crippen LogP contribution in [0.2, 0.25) is 0 Å². The van der Waals surface area contributed by atoms with Gasteiger partial charge in [-0.05, 0) is 68.2 Å². The molecule has 3 unspecified atom stereocenters. The first-order valence-corrected chi connectivity index (χ1v) is 14.6. The number of amides is 2. The van der Waals surface area contributed by atoms with Crippen molar-refractivity contribution in [1.82, 2.24) is 10.2 Å². The molecule has 3 aliphatic carbocycles. The molecule has 11 atom stereocenters. The van der Waals surface area contributed by atoms with Gasteiger partial charge in [-0.3, -0.25) is 14.9 Å². The average molecular weight is 535 g/mol. The van der Waals surface area contributed by atoms with Gasteiger partial charge in [-0.25, -0.2) is 4.79 Å². The lowest BCUT2D eigenvalue weighted by Crippen LogP contribution is -2.63. The fourth-order valence-corrected chi connectivity index (χ4v) is 9.39. The molecule has 2 N–H and O–H groups in total. The summed E-state index contributed by atoms with van der Waals surface area (Å²) < 4.78 is 6.20. The van der Waals surface area contributed by atoms with Crippen LogP contribution in [0.5, 0.6) is 0 Å². The Labute approximate surface area is 225 Å². The van der Waals surface area contributed by atoms with E-state index in [0.29, 0.717) is 31.7 Å². The van der Waals surface area contributed by atoms with Gasteiger partial charge in [-0.2, -0.15) is 0 Å². The van der Waals surface area contributed by atoms with Gasteiger partial charge in [0.05, 0.1) is 12.0 Å². The standard InChI is InChI=1S/C29H43ClN2O5/c1-17-6-10-29-11-7-21(33)23(29)28(17,4)22(14-27(3,9-5-12-30)24(34)18(29)2)37-26(36)31-25(35)20-16-32-13-8-19(20)15-32/h5,12,17-20,22-24,34H,6-11,13-16H2,1-4H3,(H,31,35,36)/b12-5+/t17-,18+,19-,20+,22-,23?,24+,27-,28+,29?/m1/s1. The molecule has 2 aliphatic heterocycles. The van der Waals surface area contributed by atoms with Crippen LogP contribution in [0.25, 0.3) is 0 Å². The molecule has 0 aromatic heterocycles. The number of aliphatic hydroxyl groups is 1. The molecule has 2 heterocycles. The maximum atomic E-state index is 13.5. The van der Waals surface area contributed by atoms with E-state index in [4.69, 9.17) is 16.3 Å². The van der Waals surface area contributed by atoms with Gasteiger partial charge in [0, 0.05) is 41.8 Å². The van der Waals surface area contributed by atoms with Gasteiger partial charge in [-0.15, -0.1) is 0 Å². The third kappa shape index (κ3) is 4.19. The molecule has 37 heavy (non-hydrogen) atoms. The molecule has 0 aromatic rings. The Kier molecular flexibility index (Phi) is 7.07. The van der Waals surface area contributed by atoms with E-state index in [9.17, 15) is 19.5 Å². The normalized spacial score (nSPS) is 49.0. The smallest absolute Gasteiger partial charge is 0.414 e. The van der Waals surface area contributed by atoms with Crippen molar-refractivity contribution in [1.29, 1.82) is 0 Å². The van der Waals surface area contributed by atoms with E-state index in [1.807, 2.05) is 13.0 Å². The fraction of sp³-hybridized carbons (Fsp3) is 0.828. The van der Waals surface area contributed by atoms with Crippen molar-refractivity contribution in [3.8, 4) is 0 Å². The number of fused-ring (bicyclic) bond motifs is 2. The SMILES string of the molecule is C[C@@H]1CCC23CCC(=O)C2[C@]1(C)[C@H](OC(=O)NC(=O)[C@H]1CN2CC[C@@H]1C2)C[C@@](C)(C/C=C/Cl)[C@@H](O)[C@@H]3C. The third-order valence-electron chi connectivity index (χ3n) is 11.7. The summed E-state index contributed by atoms with van der Waals surface area (Å²) in [6.45, 7) is 11.0. The quantitative estimate of drug-likeness (QED) is 0.551. The van der Waals surface area contributed by atoms with Gasteiger partial charge in [0.2, 0.25) is 5.91 Å². The number of nitrogens with one attached hydrogen (secondary N) is 1. The minimum Gasteiger partial charge on any atom is -0.445 e. The van der Waals surface area contributed by atoms with Gasteiger partial charge < -0.3 is 14.7 Å². The third-order valence-corrected chi connectivity index (χ3v) is 11.9. The Morgan fingerprint density at radius 1 is 1.22 bits per heavy atom. The first-order valence-electron chi connectivity index (χ1n) is 14.2. The summed E-state index contributed by atoms with van der Waals surface area (Å²) in [6, 6.07) is 0. The first-order chi connectivity index (χ1) is 17.5. The minimum absolute atomic E-state index is 0.0753. The number of allylic oxidation sites excluding steroid dienone is 1. The number of hydrogen-bond acceptors (Lipinski definition) is 6. The topological polar surface area (TPSA) is 95.9 Å². The molecule has 4 bridgehead atoms. The van der Waals surface area contributed by atoms with Gasteiger partial charge in [0.25, 0.3) is 0 Å². The van der Waals surface area contributed by atoms with Crippen molar-refractivity contribution < 1.29 is 24.2 Å². The summed E-state index contributed by atoms with van der Waals surface area (Å²) in [6.07, 6.45) is 4.76. The number of ketones is 1. The Morgan fingerprint density at radius 3 is 2.62 bits per heavy atom. The number of hydrogen-bond donors (Lipinski definition) is 2. The predicted octanol–water partition coefficient (Wildman–Crippen LogP) is 4.51. The summed E-state index contributed by atoms with van der Waals surface area (Å²) in [4.78, 5) is 42.1. The lowest BCUT2D eigenvalue weighted by atomic mass is 9.43. The van der Waals surface area contributed by atoms with Crippen LogP contribution in [0, 0.1) is 45.8 Å². The van der Waals surface area contributed by atoms with E-state index in [1.165, 1.54) is 5.54 Å². The summed E-state index contributed by atoms with van der Waals surface area (Å²) in [5, 5.41) is 14.4. The summed E-state index contributed by atoms with van der Waals surface area (Å²) in [7, 11) is 0. The van der Waals surface area contributed by atoms with Crippen LogP contribution in [0.1, 0.15) is 72.6 Å². The molecule has 0 spiro atoms. The van der Waals surface area contributed by atoms with Crippen molar-refractivity contribution in [3.63, 3.8) is 0 Å². The van der Waals surface area contributed by atoms with E-state index >= 15 is 0 Å². The zero-order chi connectivity index (χ0) is 26.8. The molecule has 206 valence electrons. The number of Topliss-reactive ketones (excluding diaryl/α,β-unsaturated/α-hetero) is 1. The highest BCUT2D eigenvalue weighted by Gasteiger charge is 2.68. The molecule has 0 radical (unpaired) electrons. The van der Waals surface area contributed by atoms with Crippen LogP contribution in [0.3, 0.4) is 0 Å². The number of imide groups is 1. The molecular formula is C29H43ClN2O5. The molecule has 8 heteroatoms. The largest absolute Gasteiger partial charge is 0.445 e. The second-order valence-corrected chi connectivity index (χ2v) is 13.6. The summed E-state index contributed by atoms with van der Waals surface area (Å²) >= 11 is 5.92. The highest BCUT2D eigenvalue weighted by Crippen LogP contribution is 2.68. The van der Waals surface area contributed by atoms with Crippen molar-refractivity contribution in [3.05, 3.63) is 11.6 Å². The molecular weight excluding hydrogens is 492 g/mol. The number of nitrogens with zero attached hydrogens (tertiary/aromatic N) is 1. The maximum absolute atomic E-state index is 13.5. The predicted molar refractivity (Wildman–Crippen MR) is 141 cm³/mol. The molecule has 7 nitrogen and oxygen atoms in total. The second-order valence-electron chi connectivity index (χ2n) is 13.4. The Hall–Kier alpha value is -1.44. The van der Waals surface area contributed by atoms with Crippen LogP contribution >= 0.6 is 11.6 Å². The van der Waals surface area contributed by atoms with Crippen LogP contribution in [0.4, 0.5) is 4.79 Å². The van der Waals surface area contributed by atoms with Crippen molar-refractivity contribution >= 4 is 29.4 Å². The number of rotatable bonds is 4. The fourth-order valence-electron chi connectivity index (χ4n) is 9.30. The Morgan fingerprint density at radius 2 is 1.97 bits per heavy atom. The number of halogens is 1. The van der Waals surface area contributed by atoms with Crippen LogP contribution in [0.15, 0.2) is 11.6 Å². The summed E-state index contributed by atoms with van der Waals surface area (Å²) in [5.74, 6) is -0.147. The number of carbonyl (C=O) groups excluding carboxylic acids is 3. The van der Waals surface area contributed by atoms with Crippen molar-refractivity contribution in [2.24, 2.45) is 45.8 Å². The highest BCUT2D eigenvalue weighted by atomic mass is 35.5. The van der Waals surface area contributed by atoms with Crippen LogP contribution < -0.4 is 5.32 Å². The molecule has 2 saturated heterocycles. The van der Waals surface area contributed by atoms with Crippen molar-refractivity contribution in [2.75, 3.05) is 19.6 Å². The highest BCUT2D eigenvalue weighted by molar-refractivity contribution is 6.25. The van der Waals surface area contributed by atoms with Gasteiger partial charge in [0.15, 0.2) is 0 Å². The number of carbonyl (C=O) groups is 3. The molecule has 0 aromatic carbocycles. The molecule has 5 fully saturated rings. The van der Waals surface area contributed by atoms with E-state index in [-0.39, 0.29) is 40.8 Å². The molecule has 5 rings (SSSR count). The lowest BCUT2D eigenvalue weighted by Gasteiger charge is -2.62. The number of aliphatic hydroxyl groups excluding tert-OH is 1. The molecule has 5 aliphatic rings. The van der Waals surface area contributed by atoms with Crippen molar-refractivity contribution in [2.45, 2.75) is 84.8 Å². The van der Waals surface area contributed by atoms with E-state index in [0.717, 1.165) is 38.8 Å². The Balaban J connectivity index is 1.47. The number of ether oxygens (including phenoxy) is 1. The van der Waals surface area contributed by atoms with E-state index < -0.39 is 29.1 Å². The lowest BCUT2D eigenvalue weighted by molar-refractivity contribution is -0.197. The summed E-state index contributed by atoms with van der Waals surface area (Å²) in [5.41, 5.74) is -0.0564. The van der Waals surface area contributed by atoms with E-state index in [1.54, 1.807) is 0 Å². The Bertz CT molecular complexity index is 987. The minimum atomic E-state index is -0.735. The van der Waals surface area contributed by atoms with Gasteiger partial charge in [-0.1, -0.05) is 45.4 Å². The molecule has 3 saturated carbocycles. The monoisotopic (exact) mass is 534 g/mol. The maximum Gasteiger partial charge on any atom is 0.414 e. The van der Waals surface area contributed by atoms with Crippen LogP contribution in [-0.4, -0.2) is 59.6 Å². The van der Waals surface area contributed by atoms with Gasteiger partial charge in [0.1, 0.15) is 11.9 Å². The zero-order valence-corrected chi connectivity index (χ0v) is 23.4. The van der Waals surface area contributed by atoms with Gasteiger partial charge >= 0.3 is 6.09 Å². The second kappa shape index (κ2) is 9.63. The first kappa shape index (κ1) is 27.1.